The van der Waals surface area contributed by atoms with Gasteiger partial charge in [-0.15, -0.1) is 0 Å². The van der Waals surface area contributed by atoms with Gasteiger partial charge < -0.3 is 21.3 Å². The van der Waals surface area contributed by atoms with Crippen LogP contribution >= 0.6 is 11.6 Å². The Balaban J connectivity index is 1.23. The number of likely N-dealkylation sites (N-methyl/N-ethyl adjacent to an activating group) is 1. The van der Waals surface area contributed by atoms with Gasteiger partial charge in [0.25, 0.3) is 5.91 Å². The molecule has 0 saturated carbocycles. The third-order valence-corrected chi connectivity index (χ3v) is 7.98. The number of rotatable bonds is 9. The zero-order valence-electron chi connectivity index (χ0n) is 23.7. The smallest absolute Gasteiger partial charge is 0.255 e. The number of halogens is 1. The molecule has 5 rings (SSSR count). The Morgan fingerprint density at radius 2 is 1.52 bits per heavy atom. The van der Waals surface area contributed by atoms with E-state index in [4.69, 9.17) is 17.3 Å². The number of nitrogens with two attached hydrogens (primary N) is 1. The fourth-order valence-corrected chi connectivity index (χ4v) is 5.29. The molecule has 7 nitrogen and oxygen atoms in total. The summed E-state index contributed by atoms with van der Waals surface area (Å²) in [6.45, 7) is 3.52. The number of nitrogens with one attached hydrogen (secondary N) is 2. The van der Waals surface area contributed by atoms with Crippen LogP contribution in [0, 0.1) is 0 Å². The number of aryl methyl sites for hydroxylation is 1. The number of carbonyl (C=O) groups is 2. The summed E-state index contributed by atoms with van der Waals surface area (Å²) in [6.07, 6.45) is 1.37. The summed E-state index contributed by atoms with van der Waals surface area (Å²) in [4.78, 5) is 31.0. The van der Waals surface area contributed by atoms with Gasteiger partial charge >= 0.3 is 0 Å². The van der Waals surface area contributed by atoms with Crippen LogP contribution in [-0.2, 0) is 11.2 Å². The second-order valence-corrected chi connectivity index (χ2v) is 11.1. The van der Waals surface area contributed by atoms with Crippen LogP contribution in [0.2, 0.25) is 5.02 Å². The minimum Gasteiger partial charge on any atom is -0.397 e. The van der Waals surface area contributed by atoms with Crippen molar-refractivity contribution >= 4 is 40.5 Å². The van der Waals surface area contributed by atoms with Gasteiger partial charge in [0.2, 0.25) is 5.91 Å². The van der Waals surface area contributed by atoms with Gasteiger partial charge in [0.05, 0.1) is 17.4 Å². The lowest BCUT2D eigenvalue weighted by molar-refractivity contribution is -0.122. The highest BCUT2D eigenvalue weighted by molar-refractivity contribution is 6.30. The predicted octanol–water partition coefficient (Wildman–Crippen LogP) is 6.03. The van der Waals surface area contributed by atoms with Crippen LogP contribution in [0.3, 0.4) is 0 Å². The van der Waals surface area contributed by atoms with E-state index >= 15 is 0 Å². The zero-order chi connectivity index (χ0) is 29.5. The van der Waals surface area contributed by atoms with Gasteiger partial charge in [-0.3, -0.25) is 14.5 Å². The summed E-state index contributed by atoms with van der Waals surface area (Å²) in [5.41, 5.74) is 11.6. The molecule has 0 spiro atoms. The normalized spacial score (nSPS) is 14.7. The van der Waals surface area contributed by atoms with Crippen LogP contribution in [0.25, 0.3) is 11.1 Å². The number of benzene rings is 4. The number of nitrogen functional groups attached to an aromatic ring is 1. The highest BCUT2D eigenvalue weighted by atomic mass is 35.5. The lowest BCUT2D eigenvalue weighted by Crippen LogP contribution is -2.53. The molecule has 0 aliphatic carbocycles. The van der Waals surface area contributed by atoms with E-state index in [-0.39, 0.29) is 17.9 Å². The molecular formula is C34H36ClN5O2. The van der Waals surface area contributed by atoms with Crippen LogP contribution in [-0.4, -0.2) is 60.9 Å². The molecule has 216 valence electrons. The quantitative estimate of drug-likeness (QED) is 0.210. The first-order valence-corrected chi connectivity index (χ1v) is 14.6. The fraction of sp³-hybridized carbons (Fsp3) is 0.235. The first-order valence-electron chi connectivity index (χ1n) is 14.2. The Labute approximate surface area is 252 Å². The predicted molar refractivity (Wildman–Crippen MR) is 172 cm³/mol. The van der Waals surface area contributed by atoms with Gasteiger partial charge in [-0.25, -0.2) is 0 Å². The molecule has 4 aromatic rings. The first-order chi connectivity index (χ1) is 20.4. The van der Waals surface area contributed by atoms with Crippen molar-refractivity contribution in [3.8, 4) is 11.1 Å². The second kappa shape index (κ2) is 13.7. The average Bonchev–Trinajstić information content (AvgIpc) is 3.01. The number of amides is 2. The van der Waals surface area contributed by atoms with Crippen molar-refractivity contribution in [2.75, 3.05) is 49.6 Å². The number of hydrogen-bond donors (Lipinski definition) is 3. The highest BCUT2D eigenvalue weighted by Gasteiger charge is 2.28. The highest BCUT2D eigenvalue weighted by Crippen LogP contribution is 2.28. The van der Waals surface area contributed by atoms with Crippen LogP contribution in [0.4, 0.5) is 17.1 Å². The molecule has 0 bridgehead atoms. The molecule has 8 heteroatoms. The molecular weight excluding hydrogens is 546 g/mol. The van der Waals surface area contributed by atoms with Gasteiger partial charge in [0.1, 0.15) is 0 Å². The van der Waals surface area contributed by atoms with E-state index in [9.17, 15) is 9.59 Å². The topological polar surface area (TPSA) is 90.7 Å². The Morgan fingerprint density at radius 1 is 0.833 bits per heavy atom. The zero-order valence-corrected chi connectivity index (χ0v) is 24.5. The van der Waals surface area contributed by atoms with Gasteiger partial charge in [0.15, 0.2) is 0 Å². The number of hydrogen-bond acceptors (Lipinski definition) is 5. The van der Waals surface area contributed by atoms with Crippen molar-refractivity contribution in [3.05, 3.63) is 113 Å². The van der Waals surface area contributed by atoms with Crippen molar-refractivity contribution in [3.63, 3.8) is 0 Å². The van der Waals surface area contributed by atoms with E-state index in [1.54, 1.807) is 18.2 Å². The van der Waals surface area contributed by atoms with E-state index < -0.39 is 0 Å². The number of carbonyl (C=O) groups excluding carboxylic acids is 2. The minimum atomic E-state index is -0.266. The monoisotopic (exact) mass is 581 g/mol. The summed E-state index contributed by atoms with van der Waals surface area (Å²) in [6, 6.07) is 30.1. The maximum absolute atomic E-state index is 13.4. The van der Waals surface area contributed by atoms with E-state index in [1.165, 1.54) is 0 Å². The molecule has 4 aromatic carbocycles. The van der Waals surface area contributed by atoms with E-state index in [0.29, 0.717) is 34.8 Å². The molecule has 1 atom stereocenters. The molecule has 1 aliphatic rings. The van der Waals surface area contributed by atoms with Crippen LogP contribution in [0.5, 0.6) is 0 Å². The fourth-order valence-electron chi connectivity index (χ4n) is 5.17. The van der Waals surface area contributed by atoms with Gasteiger partial charge in [-0.1, -0.05) is 60.1 Å². The molecule has 4 N–H and O–H groups in total. The average molecular weight is 582 g/mol. The summed E-state index contributed by atoms with van der Waals surface area (Å²) in [5.74, 6) is -0.246. The van der Waals surface area contributed by atoms with Crippen molar-refractivity contribution in [2.24, 2.45) is 0 Å². The molecule has 0 aromatic heterocycles. The van der Waals surface area contributed by atoms with Crippen molar-refractivity contribution in [1.29, 1.82) is 0 Å². The Kier molecular flexibility index (Phi) is 9.54. The molecule has 1 fully saturated rings. The maximum atomic E-state index is 13.4. The summed E-state index contributed by atoms with van der Waals surface area (Å²) in [5, 5.41) is 6.65. The van der Waals surface area contributed by atoms with Gasteiger partial charge in [-0.05, 0) is 85.1 Å². The molecule has 2 amide bonds. The van der Waals surface area contributed by atoms with Crippen LogP contribution < -0.4 is 16.4 Å². The summed E-state index contributed by atoms with van der Waals surface area (Å²) >= 11 is 6.01. The Hall–Kier alpha value is -4.17. The second-order valence-electron chi connectivity index (χ2n) is 10.7. The van der Waals surface area contributed by atoms with Crippen molar-refractivity contribution < 1.29 is 9.59 Å². The summed E-state index contributed by atoms with van der Waals surface area (Å²) < 4.78 is 0. The van der Waals surface area contributed by atoms with Gasteiger partial charge in [0, 0.05) is 42.5 Å². The number of nitrogens with zero attached hydrogens (tertiary/aromatic N) is 2. The lowest BCUT2D eigenvalue weighted by atomic mass is 10.0. The molecule has 1 heterocycles. The molecule has 1 saturated heterocycles. The van der Waals surface area contributed by atoms with Gasteiger partial charge in [-0.2, -0.15) is 0 Å². The minimum absolute atomic E-state index is 0.0202. The molecule has 1 unspecified atom stereocenters. The lowest BCUT2D eigenvalue weighted by Gasteiger charge is -2.37. The van der Waals surface area contributed by atoms with Crippen molar-refractivity contribution in [2.45, 2.75) is 18.9 Å². The standard InChI is InChI=1S/C34H36ClN5O2/c1-39-19-21-40(22-20-39)32(34(42)37-29-15-13-28(35)14-16-29)18-9-24-7-10-26(11-8-24)33(41)38-31-23-27(12-17-30(31)36)25-5-3-2-4-6-25/h2-8,10-17,23,32H,9,18-22,36H2,1H3,(H,37,42)(H,38,41). The first kappa shape index (κ1) is 29.3. The van der Waals surface area contributed by atoms with Crippen LogP contribution in [0.1, 0.15) is 22.3 Å². The number of piperazine rings is 1. The van der Waals surface area contributed by atoms with Crippen LogP contribution in [0.15, 0.2) is 97.1 Å². The number of anilines is 3. The Bertz CT molecular complexity index is 1500. The van der Waals surface area contributed by atoms with E-state index in [1.807, 2.05) is 78.9 Å². The molecule has 1 aliphatic heterocycles. The van der Waals surface area contributed by atoms with E-state index in [0.717, 1.165) is 48.6 Å². The molecule has 42 heavy (non-hydrogen) atoms. The summed E-state index contributed by atoms with van der Waals surface area (Å²) in [7, 11) is 2.10. The SMILES string of the molecule is CN1CCN(C(CCc2ccc(C(=O)Nc3cc(-c4ccccc4)ccc3N)cc2)C(=O)Nc2ccc(Cl)cc2)CC1. The van der Waals surface area contributed by atoms with E-state index in [2.05, 4.69) is 27.5 Å². The maximum Gasteiger partial charge on any atom is 0.255 e. The Morgan fingerprint density at radius 3 is 2.21 bits per heavy atom. The third-order valence-electron chi connectivity index (χ3n) is 7.72. The van der Waals surface area contributed by atoms with Crippen molar-refractivity contribution in [1.82, 2.24) is 9.80 Å². The largest absolute Gasteiger partial charge is 0.397 e. The third kappa shape index (κ3) is 7.56. The molecule has 0 radical (unpaired) electrons.